The zero-order valence-electron chi connectivity index (χ0n) is 9.98. The van der Waals surface area contributed by atoms with Crippen LogP contribution in [0.25, 0.3) is 0 Å². The lowest BCUT2D eigenvalue weighted by Crippen LogP contribution is -2.27. The van der Waals surface area contributed by atoms with Crippen molar-refractivity contribution in [3.05, 3.63) is 29.3 Å². The van der Waals surface area contributed by atoms with Gasteiger partial charge in [-0.2, -0.15) is 11.8 Å². The van der Waals surface area contributed by atoms with Gasteiger partial charge in [-0.3, -0.25) is 0 Å². The second-order valence-corrected chi connectivity index (χ2v) is 5.50. The van der Waals surface area contributed by atoms with Crippen molar-refractivity contribution in [2.75, 3.05) is 29.5 Å². The number of nitrogens with zero attached hydrogens (tertiary/aromatic N) is 1. The lowest BCUT2D eigenvalue weighted by Gasteiger charge is -2.24. The summed E-state index contributed by atoms with van der Waals surface area (Å²) in [7, 11) is 0. The molecule has 0 saturated carbocycles. The molecule has 1 aromatic rings. The van der Waals surface area contributed by atoms with Crippen molar-refractivity contribution in [1.82, 2.24) is 0 Å². The number of carboxylic acid groups (broad SMARTS) is 1. The molecule has 3 nitrogen and oxygen atoms in total. The topological polar surface area (TPSA) is 40.5 Å². The third-order valence-electron chi connectivity index (χ3n) is 2.95. The Morgan fingerprint density at radius 3 is 2.94 bits per heavy atom. The van der Waals surface area contributed by atoms with E-state index in [0.717, 1.165) is 36.5 Å². The molecule has 1 saturated heterocycles. The Hall–Kier alpha value is -1.16. The van der Waals surface area contributed by atoms with E-state index in [4.69, 9.17) is 0 Å². The summed E-state index contributed by atoms with van der Waals surface area (Å²) in [6.45, 7) is 3.82. The number of anilines is 1. The Morgan fingerprint density at radius 2 is 2.18 bits per heavy atom. The molecule has 17 heavy (non-hydrogen) atoms. The summed E-state index contributed by atoms with van der Waals surface area (Å²) in [6.07, 6.45) is 1.12. The molecule has 1 aromatic carbocycles. The molecule has 2 rings (SSSR count). The highest BCUT2D eigenvalue weighted by Crippen LogP contribution is 2.24. The fourth-order valence-corrected chi connectivity index (χ4v) is 2.97. The van der Waals surface area contributed by atoms with Crippen LogP contribution in [0.2, 0.25) is 0 Å². The van der Waals surface area contributed by atoms with E-state index in [2.05, 4.69) is 4.90 Å². The minimum Gasteiger partial charge on any atom is -0.478 e. The second kappa shape index (κ2) is 5.45. The predicted octanol–water partition coefficient (Wildman–Crippen LogP) is 2.64. The zero-order chi connectivity index (χ0) is 12.3. The van der Waals surface area contributed by atoms with Crippen LogP contribution in [0.15, 0.2) is 18.2 Å². The van der Waals surface area contributed by atoms with E-state index in [1.807, 2.05) is 30.8 Å². The molecule has 0 aromatic heterocycles. The Labute approximate surface area is 106 Å². The van der Waals surface area contributed by atoms with Crippen molar-refractivity contribution in [3.8, 4) is 0 Å². The van der Waals surface area contributed by atoms with E-state index in [0.29, 0.717) is 5.56 Å². The number of thioether (sulfide) groups is 1. The Balaban J connectivity index is 2.32. The largest absolute Gasteiger partial charge is 0.478 e. The summed E-state index contributed by atoms with van der Waals surface area (Å²) < 4.78 is 0. The van der Waals surface area contributed by atoms with E-state index in [9.17, 15) is 9.90 Å². The van der Waals surface area contributed by atoms with Gasteiger partial charge in [-0.15, -0.1) is 0 Å². The third-order valence-corrected chi connectivity index (χ3v) is 3.99. The van der Waals surface area contributed by atoms with Gasteiger partial charge in [0.05, 0.1) is 11.3 Å². The first-order valence-electron chi connectivity index (χ1n) is 5.85. The van der Waals surface area contributed by atoms with Gasteiger partial charge < -0.3 is 10.0 Å². The standard InChI is InChI=1S/C13H17NO2S/c1-10-3-4-12(11(9-10)13(15)16)14-5-2-7-17-8-6-14/h3-4,9H,2,5-8H2,1H3,(H,15,16). The number of benzene rings is 1. The highest BCUT2D eigenvalue weighted by Gasteiger charge is 2.17. The molecule has 1 heterocycles. The molecule has 0 radical (unpaired) electrons. The number of aryl methyl sites for hydroxylation is 1. The highest BCUT2D eigenvalue weighted by atomic mass is 32.2. The van der Waals surface area contributed by atoms with Crippen molar-refractivity contribution in [2.45, 2.75) is 13.3 Å². The predicted molar refractivity (Wildman–Crippen MR) is 72.3 cm³/mol. The van der Waals surface area contributed by atoms with Crippen LogP contribution in [0.5, 0.6) is 0 Å². The van der Waals surface area contributed by atoms with E-state index >= 15 is 0 Å². The Bertz CT molecular complexity index is 412. The van der Waals surface area contributed by atoms with Gasteiger partial charge in [0.25, 0.3) is 0 Å². The van der Waals surface area contributed by atoms with Crippen LogP contribution in [0.1, 0.15) is 22.3 Å². The Kier molecular flexibility index (Phi) is 3.94. The number of carboxylic acids is 1. The summed E-state index contributed by atoms with van der Waals surface area (Å²) >= 11 is 1.94. The lowest BCUT2D eigenvalue weighted by molar-refractivity contribution is 0.0697. The maximum absolute atomic E-state index is 11.3. The van der Waals surface area contributed by atoms with Crippen LogP contribution in [0.4, 0.5) is 5.69 Å². The van der Waals surface area contributed by atoms with E-state index < -0.39 is 5.97 Å². The average Bonchev–Trinajstić information content (AvgIpc) is 2.57. The van der Waals surface area contributed by atoms with Gasteiger partial charge in [0.2, 0.25) is 0 Å². The molecule has 1 aliphatic rings. The monoisotopic (exact) mass is 251 g/mol. The molecule has 1 aliphatic heterocycles. The summed E-state index contributed by atoms with van der Waals surface area (Å²) in [5.41, 5.74) is 2.29. The Morgan fingerprint density at radius 1 is 1.35 bits per heavy atom. The van der Waals surface area contributed by atoms with Gasteiger partial charge in [-0.1, -0.05) is 11.6 Å². The van der Waals surface area contributed by atoms with Gasteiger partial charge in [0, 0.05) is 18.8 Å². The normalized spacial score (nSPS) is 16.6. The highest BCUT2D eigenvalue weighted by molar-refractivity contribution is 7.99. The molecular weight excluding hydrogens is 234 g/mol. The van der Waals surface area contributed by atoms with Gasteiger partial charge >= 0.3 is 5.97 Å². The zero-order valence-corrected chi connectivity index (χ0v) is 10.8. The molecule has 0 unspecified atom stereocenters. The smallest absolute Gasteiger partial charge is 0.337 e. The summed E-state index contributed by atoms with van der Waals surface area (Å²) in [5, 5.41) is 9.26. The van der Waals surface area contributed by atoms with Crippen LogP contribution in [0.3, 0.4) is 0 Å². The van der Waals surface area contributed by atoms with Gasteiger partial charge in [-0.05, 0) is 31.2 Å². The number of hydrogen-bond acceptors (Lipinski definition) is 3. The van der Waals surface area contributed by atoms with Crippen molar-refractivity contribution < 1.29 is 9.90 Å². The van der Waals surface area contributed by atoms with Gasteiger partial charge in [0.1, 0.15) is 0 Å². The first kappa shape index (κ1) is 12.3. The molecular formula is C13H17NO2S. The fourth-order valence-electron chi connectivity index (χ4n) is 2.08. The second-order valence-electron chi connectivity index (χ2n) is 4.28. The molecule has 0 amide bonds. The van der Waals surface area contributed by atoms with Crippen molar-refractivity contribution in [3.63, 3.8) is 0 Å². The average molecular weight is 251 g/mol. The van der Waals surface area contributed by atoms with Crippen molar-refractivity contribution in [1.29, 1.82) is 0 Å². The number of carbonyl (C=O) groups is 1. The summed E-state index contributed by atoms with van der Waals surface area (Å²) in [6, 6.07) is 5.68. The van der Waals surface area contributed by atoms with E-state index in [1.54, 1.807) is 6.07 Å². The SMILES string of the molecule is Cc1ccc(N2CCCSCC2)c(C(=O)O)c1. The maximum Gasteiger partial charge on any atom is 0.337 e. The van der Waals surface area contributed by atoms with Crippen LogP contribution < -0.4 is 4.90 Å². The molecule has 0 bridgehead atoms. The van der Waals surface area contributed by atoms with Crippen LogP contribution in [0, 0.1) is 6.92 Å². The number of aromatic carboxylic acids is 1. The van der Waals surface area contributed by atoms with Crippen LogP contribution >= 0.6 is 11.8 Å². The molecule has 1 fully saturated rings. The minimum atomic E-state index is -0.833. The molecule has 0 atom stereocenters. The van der Waals surface area contributed by atoms with E-state index in [-0.39, 0.29) is 0 Å². The van der Waals surface area contributed by atoms with Crippen molar-refractivity contribution in [2.24, 2.45) is 0 Å². The maximum atomic E-state index is 11.3. The summed E-state index contributed by atoms with van der Waals surface area (Å²) in [5.74, 6) is 1.41. The molecule has 92 valence electrons. The van der Waals surface area contributed by atoms with Gasteiger partial charge in [0.15, 0.2) is 0 Å². The molecule has 1 N–H and O–H groups in total. The minimum absolute atomic E-state index is 0.428. The number of rotatable bonds is 2. The first-order chi connectivity index (χ1) is 8.18. The van der Waals surface area contributed by atoms with Crippen molar-refractivity contribution >= 4 is 23.4 Å². The molecule has 0 aliphatic carbocycles. The van der Waals surface area contributed by atoms with Gasteiger partial charge in [-0.25, -0.2) is 4.79 Å². The summed E-state index contributed by atoms with van der Waals surface area (Å²) in [4.78, 5) is 13.5. The first-order valence-corrected chi connectivity index (χ1v) is 7.00. The fraction of sp³-hybridized carbons (Fsp3) is 0.462. The lowest BCUT2D eigenvalue weighted by atomic mass is 10.1. The van der Waals surface area contributed by atoms with E-state index in [1.165, 1.54) is 5.75 Å². The molecule has 0 spiro atoms. The van der Waals surface area contributed by atoms with Crippen LogP contribution in [-0.4, -0.2) is 35.7 Å². The van der Waals surface area contributed by atoms with Crippen LogP contribution in [-0.2, 0) is 0 Å². The quantitative estimate of drug-likeness (QED) is 0.877. The third kappa shape index (κ3) is 2.94. The molecule has 4 heteroatoms. The number of hydrogen-bond donors (Lipinski definition) is 1.